The first-order valence-corrected chi connectivity index (χ1v) is 19.8. The summed E-state index contributed by atoms with van der Waals surface area (Å²) in [6.45, 7) is 3.92. The Labute approximate surface area is 307 Å². The molecule has 0 saturated carbocycles. The molecule has 1 atom stereocenters. The molecule has 0 radical (unpaired) electrons. The number of carbonyl (C=O) groups is 2. The van der Waals surface area contributed by atoms with Gasteiger partial charge in [-0.2, -0.15) is 0 Å². The highest BCUT2D eigenvalue weighted by Crippen LogP contribution is 2.10. The van der Waals surface area contributed by atoms with Crippen LogP contribution >= 0.6 is 0 Å². The summed E-state index contributed by atoms with van der Waals surface area (Å²) in [7, 11) is 0. The molecule has 0 amide bonds. The molecule has 0 aliphatic carbocycles. The maximum absolute atomic E-state index is 12.2. The van der Waals surface area contributed by atoms with Gasteiger partial charge in [-0.3, -0.25) is 9.59 Å². The van der Waals surface area contributed by atoms with Gasteiger partial charge in [-0.1, -0.05) is 143 Å². The number of aliphatic hydroxyl groups excluding tert-OH is 1. The molecule has 5 nitrogen and oxygen atoms in total. The van der Waals surface area contributed by atoms with Crippen LogP contribution in [0.1, 0.15) is 155 Å². The number of allylic oxidation sites excluding steroid dienone is 16. The van der Waals surface area contributed by atoms with Gasteiger partial charge in [-0.05, 0) is 96.3 Å². The molecule has 5 heteroatoms. The Hall–Kier alpha value is -3.18. The predicted octanol–water partition coefficient (Wildman–Crippen LogP) is 12.5. The molecule has 0 rings (SSSR count). The minimum Gasteiger partial charge on any atom is -0.462 e. The standard InChI is InChI=1S/C45H72O5/c1-3-5-7-9-11-13-15-17-19-21-22-24-25-27-29-31-33-35-37-39-44(47)49-42-43(41-46)50-45(48)40-38-36-34-32-30-28-26-23-20-18-16-14-12-10-8-6-4-2/h6,8,11-14,17-20,22,24,26-29,43,46H,3-5,7,9-10,15-16,21,23,25,30-42H2,1-2H3/t43-/m0/s1. The molecular formula is C45H72O5. The number of carbonyl (C=O) groups excluding carboxylic acids is 2. The summed E-state index contributed by atoms with van der Waals surface area (Å²) in [6, 6.07) is 0. The molecule has 1 N–H and O–H groups in total. The normalized spacial score (nSPS) is 13.3. The molecule has 282 valence electrons. The SMILES string of the molecule is CCC=CCC=CCC=CCC=CCCCCCCC(=O)O[C@@H](CO)COC(=O)CCCCCC=CCC=CCC=CCC=CCCCCC. The Balaban J connectivity index is 3.72. The lowest BCUT2D eigenvalue weighted by Gasteiger charge is -2.15. The van der Waals surface area contributed by atoms with Gasteiger partial charge in [0.05, 0.1) is 6.61 Å². The minimum atomic E-state index is -0.804. The van der Waals surface area contributed by atoms with Crippen LogP contribution < -0.4 is 0 Å². The van der Waals surface area contributed by atoms with Crippen molar-refractivity contribution in [3.05, 3.63) is 97.2 Å². The maximum Gasteiger partial charge on any atom is 0.306 e. The molecule has 0 spiro atoms. The quantitative estimate of drug-likeness (QED) is 0.0413. The van der Waals surface area contributed by atoms with E-state index >= 15 is 0 Å². The van der Waals surface area contributed by atoms with Gasteiger partial charge in [-0.15, -0.1) is 0 Å². The Morgan fingerprint density at radius 3 is 1.30 bits per heavy atom. The lowest BCUT2D eigenvalue weighted by Crippen LogP contribution is -2.28. The van der Waals surface area contributed by atoms with E-state index in [-0.39, 0.29) is 25.2 Å². The fourth-order valence-corrected chi connectivity index (χ4v) is 4.88. The number of rotatable bonds is 34. The summed E-state index contributed by atoms with van der Waals surface area (Å²) < 4.78 is 10.6. The van der Waals surface area contributed by atoms with Gasteiger partial charge < -0.3 is 14.6 Å². The van der Waals surface area contributed by atoms with Crippen molar-refractivity contribution in [2.45, 2.75) is 161 Å². The van der Waals surface area contributed by atoms with Gasteiger partial charge in [0, 0.05) is 12.8 Å². The molecule has 0 aliphatic rings. The molecule has 0 fully saturated rings. The van der Waals surface area contributed by atoms with Gasteiger partial charge in [0.15, 0.2) is 6.10 Å². The van der Waals surface area contributed by atoms with E-state index in [0.717, 1.165) is 103 Å². The Bertz CT molecular complexity index is 1010. The van der Waals surface area contributed by atoms with Crippen LogP contribution in [0, 0.1) is 0 Å². The van der Waals surface area contributed by atoms with E-state index in [4.69, 9.17) is 9.47 Å². The Kier molecular flexibility index (Phi) is 37.7. The fraction of sp³-hybridized carbons (Fsp3) is 0.600. The molecule has 0 aromatic heterocycles. The summed E-state index contributed by atoms with van der Waals surface area (Å²) in [6.07, 6.45) is 56.0. The van der Waals surface area contributed by atoms with Crippen LogP contribution in [0.25, 0.3) is 0 Å². The van der Waals surface area contributed by atoms with E-state index in [2.05, 4.69) is 111 Å². The maximum atomic E-state index is 12.2. The lowest BCUT2D eigenvalue weighted by atomic mass is 10.1. The second-order valence-electron chi connectivity index (χ2n) is 12.6. The van der Waals surface area contributed by atoms with Crippen LogP contribution in [-0.2, 0) is 19.1 Å². The molecule has 0 saturated heterocycles. The zero-order valence-electron chi connectivity index (χ0n) is 31.9. The van der Waals surface area contributed by atoms with Crippen molar-refractivity contribution < 1.29 is 24.2 Å². The van der Waals surface area contributed by atoms with Crippen molar-refractivity contribution in [1.82, 2.24) is 0 Å². The molecule has 0 unspecified atom stereocenters. The Morgan fingerprint density at radius 2 is 0.860 bits per heavy atom. The topological polar surface area (TPSA) is 72.8 Å². The van der Waals surface area contributed by atoms with Crippen LogP contribution in [-0.4, -0.2) is 36.4 Å². The highest BCUT2D eigenvalue weighted by atomic mass is 16.6. The molecular weight excluding hydrogens is 620 g/mol. The predicted molar refractivity (Wildman–Crippen MR) is 214 cm³/mol. The summed E-state index contributed by atoms with van der Waals surface area (Å²) in [4.78, 5) is 24.3. The first-order chi connectivity index (χ1) is 24.6. The molecule has 0 aromatic rings. The number of aliphatic hydroxyl groups is 1. The molecule has 0 aromatic carbocycles. The second kappa shape index (κ2) is 40.3. The van der Waals surface area contributed by atoms with E-state index in [1.165, 1.54) is 25.7 Å². The van der Waals surface area contributed by atoms with Gasteiger partial charge in [0.1, 0.15) is 6.61 Å². The van der Waals surface area contributed by atoms with Crippen molar-refractivity contribution in [3.63, 3.8) is 0 Å². The van der Waals surface area contributed by atoms with Crippen molar-refractivity contribution in [1.29, 1.82) is 0 Å². The fourth-order valence-electron chi connectivity index (χ4n) is 4.88. The third-order valence-corrected chi connectivity index (χ3v) is 7.86. The number of ether oxygens (including phenoxy) is 2. The van der Waals surface area contributed by atoms with Crippen molar-refractivity contribution in [2.24, 2.45) is 0 Å². The second-order valence-corrected chi connectivity index (χ2v) is 12.6. The molecule has 0 bridgehead atoms. The van der Waals surface area contributed by atoms with E-state index in [0.29, 0.717) is 12.8 Å². The van der Waals surface area contributed by atoms with E-state index in [1.807, 2.05) is 0 Å². The average Bonchev–Trinajstić information content (AvgIpc) is 3.12. The highest BCUT2D eigenvalue weighted by Gasteiger charge is 2.16. The van der Waals surface area contributed by atoms with Crippen LogP contribution in [0.15, 0.2) is 97.2 Å². The van der Waals surface area contributed by atoms with Gasteiger partial charge in [-0.25, -0.2) is 0 Å². The van der Waals surface area contributed by atoms with Crippen LogP contribution in [0.2, 0.25) is 0 Å². The van der Waals surface area contributed by atoms with Gasteiger partial charge in [0.2, 0.25) is 0 Å². The van der Waals surface area contributed by atoms with E-state index < -0.39 is 6.10 Å². The highest BCUT2D eigenvalue weighted by molar-refractivity contribution is 5.70. The number of esters is 2. The van der Waals surface area contributed by atoms with Crippen LogP contribution in [0.5, 0.6) is 0 Å². The largest absolute Gasteiger partial charge is 0.462 e. The van der Waals surface area contributed by atoms with Gasteiger partial charge >= 0.3 is 11.9 Å². The smallest absolute Gasteiger partial charge is 0.306 e. The first kappa shape index (κ1) is 46.8. The molecule has 0 aliphatic heterocycles. The summed E-state index contributed by atoms with van der Waals surface area (Å²) in [5.74, 6) is -0.665. The van der Waals surface area contributed by atoms with Crippen LogP contribution in [0.4, 0.5) is 0 Å². The van der Waals surface area contributed by atoms with E-state index in [1.54, 1.807) is 0 Å². The zero-order chi connectivity index (χ0) is 36.4. The number of hydrogen-bond donors (Lipinski definition) is 1. The molecule has 50 heavy (non-hydrogen) atoms. The van der Waals surface area contributed by atoms with Crippen molar-refractivity contribution in [2.75, 3.05) is 13.2 Å². The minimum absolute atomic E-state index is 0.0990. The number of unbranched alkanes of at least 4 members (excludes halogenated alkanes) is 10. The lowest BCUT2D eigenvalue weighted by molar-refractivity contribution is -0.161. The van der Waals surface area contributed by atoms with Gasteiger partial charge in [0.25, 0.3) is 0 Å². The summed E-state index contributed by atoms with van der Waals surface area (Å²) in [5.41, 5.74) is 0. The number of hydrogen-bond acceptors (Lipinski definition) is 5. The first-order valence-electron chi connectivity index (χ1n) is 19.8. The Morgan fingerprint density at radius 1 is 0.480 bits per heavy atom. The third-order valence-electron chi connectivity index (χ3n) is 7.86. The summed E-state index contributed by atoms with van der Waals surface area (Å²) >= 11 is 0. The van der Waals surface area contributed by atoms with Crippen molar-refractivity contribution >= 4 is 11.9 Å². The molecule has 0 heterocycles. The third kappa shape index (κ3) is 37.6. The van der Waals surface area contributed by atoms with E-state index in [9.17, 15) is 14.7 Å². The van der Waals surface area contributed by atoms with Crippen LogP contribution in [0.3, 0.4) is 0 Å². The van der Waals surface area contributed by atoms with Crippen molar-refractivity contribution in [3.8, 4) is 0 Å². The monoisotopic (exact) mass is 693 g/mol. The summed E-state index contributed by atoms with van der Waals surface area (Å²) in [5, 5.41) is 9.55. The zero-order valence-corrected chi connectivity index (χ0v) is 31.9. The average molecular weight is 693 g/mol.